The van der Waals surface area contributed by atoms with Crippen molar-refractivity contribution in [3.05, 3.63) is 58.6 Å². The van der Waals surface area contributed by atoms with E-state index in [0.717, 1.165) is 5.69 Å². The van der Waals surface area contributed by atoms with Gasteiger partial charge in [-0.15, -0.1) is 0 Å². The van der Waals surface area contributed by atoms with Crippen LogP contribution in [0.15, 0.2) is 42.5 Å². The van der Waals surface area contributed by atoms with Crippen molar-refractivity contribution in [1.82, 2.24) is 0 Å². The van der Waals surface area contributed by atoms with Gasteiger partial charge in [-0.25, -0.2) is 0 Å². The van der Waals surface area contributed by atoms with Gasteiger partial charge in [0, 0.05) is 10.7 Å². The Morgan fingerprint density at radius 1 is 1.09 bits per heavy atom. The van der Waals surface area contributed by atoms with E-state index in [0.29, 0.717) is 16.3 Å². The predicted octanol–water partition coefficient (Wildman–Crippen LogP) is 4.90. The minimum atomic E-state index is -0.247. The Kier molecular flexibility index (Phi) is 4.77. The zero-order valence-corrected chi connectivity index (χ0v) is 14.0. The first kappa shape index (κ1) is 16.4. The van der Waals surface area contributed by atoms with Crippen molar-refractivity contribution in [2.75, 3.05) is 12.4 Å². The van der Waals surface area contributed by atoms with Gasteiger partial charge in [-0.3, -0.25) is 4.79 Å². The van der Waals surface area contributed by atoms with Crippen LogP contribution < -0.4 is 10.1 Å². The van der Waals surface area contributed by atoms with Crippen molar-refractivity contribution < 1.29 is 9.53 Å². The zero-order valence-electron chi connectivity index (χ0n) is 13.2. The normalized spacial score (nSPS) is 11.1. The molecule has 22 heavy (non-hydrogen) atoms. The summed E-state index contributed by atoms with van der Waals surface area (Å²) in [5.41, 5.74) is 2.44. The molecule has 4 heteroatoms. The van der Waals surface area contributed by atoms with Gasteiger partial charge in [-0.2, -0.15) is 0 Å². The summed E-state index contributed by atoms with van der Waals surface area (Å²) in [5, 5.41) is 3.36. The van der Waals surface area contributed by atoms with Crippen molar-refractivity contribution in [3.8, 4) is 5.75 Å². The largest absolute Gasteiger partial charge is 0.496 e. The number of benzene rings is 2. The third-order valence-electron chi connectivity index (χ3n) is 3.41. The quantitative estimate of drug-likeness (QED) is 0.874. The van der Waals surface area contributed by atoms with Crippen molar-refractivity contribution in [3.63, 3.8) is 0 Å². The smallest absolute Gasteiger partial charge is 0.259 e. The molecule has 3 nitrogen and oxygen atoms in total. The van der Waals surface area contributed by atoms with Gasteiger partial charge in [-0.05, 0) is 41.3 Å². The fourth-order valence-electron chi connectivity index (χ4n) is 2.11. The van der Waals surface area contributed by atoms with E-state index in [4.69, 9.17) is 16.3 Å². The van der Waals surface area contributed by atoms with E-state index < -0.39 is 0 Å². The molecule has 0 aliphatic heterocycles. The SMILES string of the molecule is COc1ccc(Cl)cc1C(=O)Nc1ccc(C(C)(C)C)cc1. The standard InChI is InChI=1S/C18H20ClNO2/c1-18(2,3)12-5-8-14(9-6-12)20-17(21)15-11-13(19)7-10-16(15)22-4/h5-11H,1-4H3,(H,20,21). The summed E-state index contributed by atoms with van der Waals surface area (Å²) in [5.74, 6) is 0.246. The lowest BCUT2D eigenvalue weighted by atomic mass is 9.87. The highest BCUT2D eigenvalue weighted by molar-refractivity contribution is 6.31. The molecule has 0 saturated carbocycles. The number of hydrogen-bond donors (Lipinski definition) is 1. The minimum absolute atomic E-state index is 0.0821. The summed E-state index contributed by atoms with van der Waals surface area (Å²) >= 11 is 5.96. The van der Waals surface area contributed by atoms with Gasteiger partial charge in [0.05, 0.1) is 12.7 Å². The summed E-state index contributed by atoms with van der Waals surface area (Å²) < 4.78 is 5.20. The highest BCUT2D eigenvalue weighted by Gasteiger charge is 2.15. The van der Waals surface area contributed by atoms with Crippen molar-refractivity contribution >= 4 is 23.2 Å². The molecule has 0 saturated heterocycles. The van der Waals surface area contributed by atoms with Crippen LogP contribution in [0.5, 0.6) is 5.75 Å². The molecule has 2 rings (SSSR count). The lowest BCUT2D eigenvalue weighted by Gasteiger charge is -2.19. The maximum Gasteiger partial charge on any atom is 0.259 e. The monoisotopic (exact) mass is 317 g/mol. The molecule has 0 spiro atoms. The molecule has 1 amide bonds. The van der Waals surface area contributed by atoms with E-state index in [-0.39, 0.29) is 11.3 Å². The molecule has 0 bridgehead atoms. The second-order valence-corrected chi connectivity index (χ2v) is 6.56. The number of hydrogen-bond acceptors (Lipinski definition) is 2. The van der Waals surface area contributed by atoms with Crippen molar-refractivity contribution in [1.29, 1.82) is 0 Å². The second-order valence-electron chi connectivity index (χ2n) is 6.13. The Morgan fingerprint density at radius 2 is 1.73 bits per heavy atom. The molecule has 116 valence electrons. The van der Waals surface area contributed by atoms with Crippen LogP contribution in [0, 0.1) is 0 Å². The molecule has 0 atom stereocenters. The number of carbonyl (C=O) groups is 1. The van der Waals surface area contributed by atoms with E-state index in [2.05, 4.69) is 26.1 Å². The average molecular weight is 318 g/mol. The first-order chi connectivity index (χ1) is 10.3. The summed E-state index contributed by atoms with van der Waals surface area (Å²) in [6.45, 7) is 6.45. The van der Waals surface area contributed by atoms with Crippen LogP contribution in [0.1, 0.15) is 36.7 Å². The fourth-order valence-corrected chi connectivity index (χ4v) is 2.28. The molecule has 2 aromatic rings. The molecule has 0 aliphatic carbocycles. The molecule has 0 unspecified atom stereocenters. The number of amides is 1. The number of nitrogens with one attached hydrogen (secondary N) is 1. The molecule has 0 aliphatic rings. The van der Waals surface area contributed by atoms with Crippen LogP contribution in [-0.4, -0.2) is 13.0 Å². The number of halogens is 1. The molecule has 2 aromatic carbocycles. The van der Waals surface area contributed by atoms with Crippen LogP contribution in [0.4, 0.5) is 5.69 Å². The number of methoxy groups -OCH3 is 1. The summed E-state index contributed by atoms with van der Waals surface area (Å²) in [6.07, 6.45) is 0. The van der Waals surface area contributed by atoms with Gasteiger partial charge in [0.1, 0.15) is 5.75 Å². The Bertz CT molecular complexity index is 672. The topological polar surface area (TPSA) is 38.3 Å². The Balaban J connectivity index is 2.20. The Hall–Kier alpha value is -2.00. The van der Waals surface area contributed by atoms with Gasteiger partial charge in [0.15, 0.2) is 0 Å². The first-order valence-corrected chi connectivity index (χ1v) is 7.44. The van der Waals surface area contributed by atoms with E-state index in [9.17, 15) is 4.79 Å². The number of carbonyl (C=O) groups excluding carboxylic acids is 1. The maximum absolute atomic E-state index is 12.4. The van der Waals surface area contributed by atoms with Gasteiger partial charge in [-0.1, -0.05) is 44.5 Å². The average Bonchev–Trinajstić information content (AvgIpc) is 2.46. The van der Waals surface area contributed by atoms with Gasteiger partial charge in [0.2, 0.25) is 0 Å². The fraction of sp³-hybridized carbons (Fsp3) is 0.278. The van der Waals surface area contributed by atoms with Crippen LogP contribution in [0.25, 0.3) is 0 Å². The zero-order chi connectivity index (χ0) is 16.3. The van der Waals surface area contributed by atoms with E-state index in [1.807, 2.05) is 24.3 Å². The third-order valence-corrected chi connectivity index (χ3v) is 3.65. The van der Waals surface area contributed by atoms with Crippen LogP contribution in [-0.2, 0) is 5.41 Å². The molecular formula is C18H20ClNO2. The predicted molar refractivity (Wildman–Crippen MR) is 91.1 cm³/mol. The molecular weight excluding hydrogens is 298 g/mol. The first-order valence-electron chi connectivity index (χ1n) is 7.06. The lowest BCUT2D eigenvalue weighted by molar-refractivity contribution is 0.102. The summed E-state index contributed by atoms with van der Waals surface area (Å²) in [6, 6.07) is 12.8. The molecule has 0 radical (unpaired) electrons. The number of ether oxygens (including phenoxy) is 1. The Labute approximate surface area is 136 Å². The summed E-state index contributed by atoms with van der Waals surface area (Å²) in [7, 11) is 1.53. The van der Waals surface area contributed by atoms with E-state index in [1.165, 1.54) is 12.7 Å². The Morgan fingerprint density at radius 3 is 2.27 bits per heavy atom. The molecule has 1 N–H and O–H groups in total. The van der Waals surface area contributed by atoms with Crippen LogP contribution in [0.3, 0.4) is 0 Å². The summed E-state index contributed by atoms with van der Waals surface area (Å²) in [4.78, 5) is 12.4. The second kappa shape index (κ2) is 6.41. The van der Waals surface area contributed by atoms with Gasteiger partial charge < -0.3 is 10.1 Å². The molecule has 0 aromatic heterocycles. The van der Waals surface area contributed by atoms with Crippen molar-refractivity contribution in [2.45, 2.75) is 26.2 Å². The van der Waals surface area contributed by atoms with Crippen molar-refractivity contribution in [2.24, 2.45) is 0 Å². The molecule has 0 heterocycles. The third kappa shape index (κ3) is 3.80. The maximum atomic E-state index is 12.4. The van der Waals surface area contributed by atoms with Gasteiger partial charge >= 0.3 is 0 Å². The highest BCUT2D eigenvalue weighted by Crippen LogP contribution is 2.26. The van der Waals surface area contributed by atoms with Crippen LogP contribution in [0.2, 0.25) is 5.02 Å². The number of anilines is 1. The minimum Gasteiger partial charge on any atom is -0.496 e. The van der Waals surface area contributed by atoms with E-state index >= 15 is 0 Å². The number of rotatable bonds is 3. The highest BCUT2D eigenvalue weighted by atomic mass is 35.5. The lowest BCUT2D eigenvalue weighted by Crippen LogP contribution is -2.14. The van der Waals surface area contributed by atoms with E-state index in [1.54, 1.807) is 18.2 Å². The van der Waals surface area contributed by atoms with Crippen LogP contribution >= 0.6 is 11.6 Å². The van der Waals surface area contributed by atoms with Gasteiger partial charge in [0.25, 0.3) is 5.91 Å². The molecule has 0 fully saturated rings.